The fourth-order valence-electron chi connectivity index (χ4n) is 3.71. The Bertz CT molecular complexity index is 1470. The highest BCUT2D eigenvalue weighted by molar-refractivity contribution is 7.91. The fourth-order valence-corrected chi connectivity index (χ4v) is 6.96. The Morgan fingerprint density at radius 1 is 1.00 bits per heavy atom. The Labute approximate surface area is 204 Å². The number of aromatic nitrogens is 3. The largest absolute Gasteiger partial charge is 0.619 e. The molecule has 5 rings (SSSR count). The number of thiophene rings is 1. The van der Waals surface area contributed by atoms with E-state index in [0.717, 1.165) is 10.1 Å². The van der Waals surface area contributed by atoms with E-state index in [1.165, 1.54) is 28.0 Å². The van der Waals surface area contributed by atoms with Gasteiger partial charge in [-0.2, -0.15) is 9.04 Å². The van der Waals surface area contributed by atoms with Gasteiger partial charge in [0.1, 0.15) is 4.21 Å². The van der Waals surface area contributed by atoms with Crippen molar-refractivity contribution in [2.45, 2.75) is 4.21 Å². The molecule has 0 unspecified atom stereocenters. The molecule has 12 heteroatoms. The van der Waals surface area contributed by atoms with Gasteiger partial charge in [-0.25, -0.2) is 8.42 Å². The van der Waals surface area contributed by atoms with Crippen molar-refractivity contribution in [2.24, 2.45) is 0 Å². The van der Waals surface area contributed by atoms with Gasteiger partial charge >= 0.3 is 0 Å². The van der Waals surface area contributed by atoms with Gasteiger partial charge in [0.05, 0.1) is 5.69 Å². The Morgan fingerprint density at radius 2 is 1.74 bits per heavy atom. The van der Waals surface area contributed by atoms with Crippen molar-refractivity contribution in [1.29, 1.82) is 0 Å². The highest BCUT2D eigenvalue weighted by Crippen LogP contribution is 2.33. The summed E-state index contributed by atoms with van der Waals surface area (Å²) in [5, 5.41) is 20.7. The van der Waals surface area contributed by atoms with E-state index in [-0.39, 0.29) is 42.0 Å². The lowest BCUT2D eigenvalue weighted by Crippen LogP contribution is -2.50. The molecule has 0 radical (unpaired) electrons. The molecule has 4 aromatic rings. The van der Waals surface area contributed by atoms with Gasteiger partial charge in [0.15, 0.2) is 18.1 Å². The molecule has 0 atom stereocenters. The van der Waals surface area contributed by atoms with Gasteiger partial charge in [0.25, 0.3) is 15.9 Å². The quantitative estimate of drug-likeness (QED) is 0.305. The second-order valence-electron chi connectivity index (χ2n) is 7.69. The van der Waals surface area contributed by atoms with E-state index in [2.05, 4.69) is 10.2 Å². The number of piperazine rings is 1. The third-order valence-corrected chi connectivity index (χ3v) is 9.24. The van der Waals surface area contributed by atoms with E-state index >= 15 is 0 Å². The van der Waals surface area contributed by atoms with Crippen molar-refractivity contribution in [3.05, 3.63) is 76.8 Å². The molecule has 3 aromatic heterocycles. The number of benzene rings is 1. The average Bonchev–Trinajstić information content (AvgIpc) is 3.28. The summed E-state index contributed by atoms with van der Waals surface area (Å²) in [5.74, 6) is -0.307. The number of halogens is 1. The molecule has 9 nitrogen and oxygen atoms in total. The smallest absolute Gasteiger partial charge is 0.274 e. The van der Waals surface area contributed by atoms with Crippen LogP contribution in [0.2, 0.25) is 5.02 Å². The highest BCUT2D eigenvalue weighted by atomic mass is 35.5. The van der Waals surface area contributed by atoms with Crippen molar-refractivity contribution in [3.8, 4) is 11.3 Å². The Kier molecular flexibility index (Phi) is 5.94. The maximum atomic E-state index is 13.1. The molecule has 174 valence electrons. The molecule has 1 aliphatic rings. The number of sulfonamides is 1. The van der Waals surface area contributed by atoms with Crippen LogP contribution in [0.4, 0.5) is 0 Å². The number of hydrogen-bond donors (Lipinski definition) is 0. The third-order valence-electron chi connectivity index (χ3n) is 5.56. The van der Waals surface area contributed by atoms with Crippen LogP contribution in [0.1, 0.15) is 10.5 Å². The molecule has 4 heterocycles. The first-order valence-electron chi connectivity index (χ1n) is 10.3. The lowest BCUT2D eigenvalue weighted by molar-refractivity contribution is -0.605. The zero-order chi connectivity index (χ0) is 23.9. The summed E-state index contributed by atoms with van der Waals surface area (Å²) in [5.41, 5.74) is 1.43. The van der Waals surface area contributed by atoms with Crippen LogP contribution in [0.15, 0.2) is 65.1 Å². The van der Waals surface area contributed by atoms with Crippen LogP contribution in [0.3, 0.4) is 0 Å². The molecular formula is C22H18ClN5O4S2. The van der Waals surface area contributed by atoms with Crippen LogP contribution >= 0.6 is 22.9 Å². The van der Waals surface area contributed by atoms with E-state index in [4.69, 9.17) is 11.6 Å². The second kappa shape index (κ2) is 8.91. The van der Waals surface area contributed by atoms with Crippen molar-refractivity contribution in [2.75, 3.05) is 26.2 Å². The van der Waals surface area contributed by atoms with Gasteiger partial charge in [-0.05, 0) is 35.7 Å². The molecule has 0 aliphatic carbocycles. The standard InChI is InChI=1S/C22H18ClN5O4S2/c23-17-2-1-16-13-21(33-20(16)14-17)34(31,32)28-11-9-26(10-12-28)22(29)19-4-3-18(24-25-19)15-5-7-27(30)8-6-15/h1-8,13-14H,9-12H2. The normalized spacial score (nSPS) is 15.0. The summed E-state index contributed by atoms with van der Waals surface area (Å²) in [6, 6.07) is 13.4. The van der Waals surface area contributed by atoms with Crippen molar-refractivity contribution in [1.82, 2.24) is 19.4 Å². The summed E-state index contributed by atoms with van der Waals surface area (Å²) in [6.07, 6.45) is 2.72. The first-order chi connectivity index (χ1) is 16.3. The van der Waals surface area contributed by atoms with Crippen LogP contribution in [-0.2, 0) is 10.0 Å². The van der Waals surface area contributed by atoms with Crippen LogP contribution in [0.25, 0.3) is 21.3 Å². The van der Waals surface area contributed by atoms with Gasteiger partial charge in [-0.15, -0.1) is 21.5 Å². The SMILES string of the molecule is O=C(c1ccc(-c2cc[n+]([O-])cc2)nn1)N1CCN(S(=O)(=O)c2cc3ccc(Cl)cc3s2)CC1. The zero-order valence-electron chi connectivity index (χ0n) is 17.7. The lowest BCUT2D eigenvalue weighted by Gasteiger charge is -2.33. The molecule has 1 aliphatic heterocycles. The number of fused-ring (bicyclic) bond motifs is 1. The molecular weight excluding hydrogens is 498 g/mol. The van der Waals surface area contributed by atoms with Crippen molar-refractivity contribution >= 4 is 49.0 Å². The van der Waals surface area contributed by atoms with Gasteiger partial charge in [-0.1, -0.05) is 17.7 Å². The van der Waals surface area contributed by atoms with E-state index in [9.17, 15) is 18.4 Å². The Hall–Kier alpha value is -3.12. The number of pyridine rings is 1. The molecule has 0 spiro atoms. The molecule has 0 N–H and O–H groups in total. The summed E-state index contributed by atoms with van der Waals surface area (Å²) >= 11 is 7.20. The summed E-state index contributed by atoms with van der Waals surface area (Å²) in [7, 11) is -3.67. The van der Waals surface area contributed by atoms with E-state index in [1.54, 1.807) is 53.4 Å². The van der Waals surface area contributed by atoms with Gasteiger partial charge in [0.2, 0.25) is 0 Å². The Morgan fingerprint density at radius 3 is 2.41 bits per heavy atom. The van der Waals surface area contributed by atoms with Crippen LogP contribution in [0, 0.1) is 5.21 Å². The summed E-state index contributed by atoms with van der Waals surface area (Å²) in [4.78, 5) is 14.4. The van der Waals surface area contributed by atoms with Crippen LogP contribution in [-0.4, -0.2) is 59.9 Å². The molecule has 1 aromatic carbocycles. The molecule has 1 amide bonds. The number of carbonyl (C=O) groups excluding carboxylic acids is 1. The predicted octanol–water partition coefficient (Wildman–Crippen LogP) is 2.79. The number of hydrogen-bond acceptors (Lipinski definition) is 7. The minimum absolute atomic E-state index is 0.177. The Balaban J connectivity index is 1.26. The lowest BCUT2D eigenvalue weighted by atomic mass is 10.2. The first kappa shape index (κ1) is 22.7. The topological polar surface area (TPSA) is 110 Å². The molecule has 1 saturated heterocycles. The zero-order valence-corrected chi connectivity index (χ0v) is 20.1. The monoisotopic (exact) mass is 515 g/mol. The highest BCUT2D eigenvalue weighted by Gasteiger charge is 2.32. The van der Waals surface area contributed by atoms with E-state index in [0.29, 0.717) is 21.0 Å². The van der Waals surface area contributed by atoms with Crippen molar-refractivity contribution < 1.29 is 17.9 Å². The maximum absolute atomic E-state index is 13.1. The number of rotatable bonds is 4. The molecule has 1 fully saturated rings. The van der Waals surface area contributed by atoms with Gasteiger partial charge in [-0.3, -0.25) is 4.79 Å². The van der Waals surface area contributed by atoms with Crippen LogP contribution < -0.4 is 4.73 Å². The first-order valence-corrected chi connectivity index (χ1v) is 13.0. The number of carbonyl (C=O) groups is 1. The number of nitrogens with zero attached hydrogens (tertiary/aromatic N) is 5. The number of amides is 1. The predicted molar refractivity (Wildman–Crippen MR) is 128 cm³/mol. The average molecular weight is 516 g/mol. The minimum Gasteiger partial charge on any atom is -0.619 e. The van der Waals surface area contributed by atoms with Crippen LogP contribution in [0.5, 0.6) is 0 Å². The van der Waals surface area contributed by atoms with Gasteiger partial charge < -0.3 is 10.1 Å². The molecule has 0 saturated carbocycles. The summed E-state index contributed by atoms with van der Waals surface area (Å²) in [6.45, 7) is 0.877. The summed E-state index contributed by atoms with van der Waals surface area (Å²) < 4.78 is 29.4. The third kappa shape index (κ3) is 4.34. The van der Waals surface area contributed by atoms with Gasteiger partial charge in [0, 0.05) is 53.6 Å². The van der Waals surface area contributed by atoms with E-state index in [1.807, 2.05) is 0 Å². The fraction of sp³-hybridized carbons (Fsp3) is 0.182. The maximum Gasteiger partial charge on any atom is 0.274 e. The van der Waals surface area contributed by atoms with Crippen molar-refractivity contribution in [3.63, 3.8) is 0 Å². The molecule has 34 heavy (non-hydrogen) atoms. The molecule has 0 bridgehead atoms. The van der Waals surface area contributed by atoms with E-state index < -0.39 is 10.0 Å². The second-order valence-corrected chi connectivity index (χ2v) is 11.4. The minimum atomic E-state index is -3.67.